The summed E-state index contributed by atoms with van der Waals surface area (Å²) in [5.74, 6) is -0.569. The maximum Gasteiger partial charge on any atom is 0.305 e. The molecule has 0 saturated heterocycles. The average Bonchev–Trinajstić information content (AvgIpc) is 2.88. The Balaban J connectivity index is 1.70. The number of carboxylic acid groups (broad SMARTS) is 1. The standard InChI is InChI=1S/C31H36FNO4/c1-31(2,3)26-15-11-22(12-16-26)23-13-17-27(18-14-23)37-28(6-4-5-20-32)24-7-9-25(10-8-24)30(36)33-21-19-29(34)35/h7-18,28H,4-6,19-21H2,1-3H3,(H,33,36)(H,34,35). The fourth-order valence-corrected chi connectivity index (χ4v) is 4.00. The number of benzene rings is 3. The molecular weight excluding hydrogens is 469 g/mol. The molecule has 2 N–H and O–H groups in total. The predicted molar refractivity (Wildman–Crippen MR) is 145 cm³/mol. The van der Waals surface area contributed by atoms with Crippen LogP contribution in [-0.2, 0) is 10.2 Å². The van der Waals surface area contributed by atoms with Crippen molar-refractivity contribution in [2.45, 2.75) is 58.0 Å². The number of aliphatic carboxylic acids is 1. The molecular formula is C31H36FNO4. The van der Waals surface area contributed by atoms with E-state index in [9.17, 15) is 14.0 Å². The van der Waals surface area contributed by atoms with Crippen molar-refractivity contribution in [1.82, 2.24) is 5.32 Å². The molecule has 5 nitrogen and oxygen atoms in total. The van der Waals surface area contributed by atoms with Crippen LogP contribution in [0.5, 0.6) is 5.75 Å². The van der Waals surface area contributed by atoms with Gasteiger partial charge in [-0.15, -0.1) is 0 Å². The molecule has 0 saturated carbocycles. The summed E-state index contributed by atoms with van der Waals surface area (Å²) in [6, 6.07) is 23.6. The monoisotopic (exact) mass is 505 g/mol. The first kappa shape index (κ1) is 27.9. The largest absolute Gasteiger partial charge is 0.486 e. The van der Waals surface area contributed by atoms with Gasteiger partial charge in [0.1, 0.15) is 11.9 Å². The van der Waals surface area contributed by atoms with Crippen LogP contribution in [0.15, 0.2) is 72.8 Å². The third kappa shape index (κ3) is 8.45. The smallest absolute Gasteiger partial charge is 0.305 e. The second kappa shape index (κ2) is 13.0. The number of carboxylic acids is 1. The predicted octanol–water partition coefficient (Wildman–Crippen LogP) is 7.12. The molecule has 1 amide bonds. The van der Waals surface area contributed by atoms with Gasteiger partial charge in [0.2, 0.25) is 0 Å². The Morgan fingerprint density at radius 3 is 2.03 bits per heavy atom. The third-order valence-electron chi connectivity index (χ3n) is 6.24. The summed E-state index contributed by atoms with van der Waals surface area (Å²) in [6.07, 6.45) is 1.37. The Morgan fingerprint density at radius 2 is 1.49 bits per heavy atom. The molecule has 196 valence electrons. The molecule has 0 radical (unpaired) electrons. The second-order valence-corrected chi connectivity index (χ2v) is 10.2. The maximum atomic E-state index is 12.7. The van der Waals surface area contributed by atoms with E-state index in [2.05, 4.69) is 50.4 Å². The minimum atomic E-state index is -0.963. The second-order valence-electron chi connectivity index (χ2n) is 10.2. The van der Waals surface area contributed by atoms with E-state index in [1.165, 1.54) is 5.56 Å². The number of carbonyl (C=O) groups is 2. The molecule has 0 aliphatic heterocycles. The van der Waals surface area contributed by atoms with Crippen LogP contribution in [0.3, 0.4) is 0 Å². The van der Waals surface area contributed by atoms with Crippen molar-refractivity contribution in [2.75, 3.05) is 13.2 Å². The average molecular weight is 506 g/mol. The minimum absolute atomic E-state index is 0.0710. The van der Waals surface area contributed by atoms with Crippen molar-refractivity contribution in [3.05, 3.63) is 89.5 Å². The zero-order valence-electron chi connectivity index (χ0n) is 21.8. The Bertz CT molecular complexity index is 1150. The van der Waals surface area contributed by atoms with Crippen molar-refractivity contribution in [3.8, 4) is 16.9 Å². The molecule has 0 fully saturated rings. The van der Waals surface area contributed by atoms with Gasteiger partial charge in [-0.05, 0) is 71.2 Å². The first-order chi connectivity index (χ1) is 17.7. The highest BCUT2D eigenvalue weighted by molar-refractivity contribution is 5.94. The highest BCUT2D eigenvalue weighted by Crippen LogP contribution is 2.30. The quantitative estimate of drug-likeness (QED) is 0.257. The lowest BCUT2D eigenvalue weighted by atomic mass is 9.86. The molecule has 0 aliphatic rings. The van der Waals surface area contributed by atoms with Gasteiger partial charge in [0.05, 0.1) is 13.1 Å². The van der Waals surface area contributed by atoms with Gasteiger partial charge in [-0.2, -0.15) is 0 Å². The molecule has 6 heteroatoms. The number of alkyl halides is 1. The van der Waals surface area contributed by atoms with Gasteiger partial charge in [0.15, 0.2) is 0 Å². The summed E-state index contributed by atoms with van der Waals surface area (Å²) < 4.78 is 19.0. The van der Waals surface area contributed by atoms with Gasteiger partial charge in [-0.25, -0.2) is 0 Å². The fraction of sp³-hybridized carbons (Fsp3) is 0.355. The SMILES string of the molecule is CC(C)(C)c1ccc(-c2ccc(OC(CCCCF)c3ccc(C(=O)NCCC(=O)O)cc3)cc2)cc1. The Kier molecular flexibility index (Phi) is 9.84. The summed E-state index contributed by atoms with van der Waals surface area (Å²) in [6.45, 7) is 6.29. The Morgan fingerprint density at radius 1 is 0.892 bits per heavy atom. The molecule has 37 heavy (non-hydrogen) atoms. The molecule has 3 rings (SSSR count). The summed E-state index contributed by atoms with van der Waals surface area (Å²) in [5, 5.41) is 11.3. The fourth-order valence-electron chi connectivity index (χ4n) is 4.00. The van der Waals surface area contributed by atoms with Crippen LogP contribution < -0.4 is 10.1 Å². The lowest BCUT2D eigenvalue weighted by Gasteiger charge is -2.20. The Hall–Kier alpha value is -3.67. The number of unbranched alkanes of at least 4 members (excludes halogenated alkanes) is 1. The van der Waals surface area contributed by atoms with E-state index < -0.39 is 5.97 Å². The third-order valence-corrected chi connectivity index (χ3v) is 6.24. The van der Waals surface area contributed by atoms with E-state index in [1.54, 1.807) is 12.1 Å². The van der Waals surface area contributed by atoms with E-state index >= 15 is 0 Å². The molecule has 0 aromatic heterocycles. The molecule has 3 aromatic carbocycles. The van der Waals surface area contributed by atoms with Gasteiger partial charge in [0, 0.05) is 12.1 Å². The van der Waals surface area contributed by atoms with Gasteiger partial charge >= 0.3 is 5.97 Å². The van der Waals surface area contributed by atoms with Crippen LogP contribution in [0, 0.1) is 0 Å². The number of halogens is 1. The first-order valence-electron chi connectivity index (χ1n) is 12.7. The van der Waals surface area contributed by atoms with Crippen molar-refractivity contribution in [3.63, 3.8) is 0 Å². The molecule has 0 aliphatic carbocycles. The van der Waals surface area contributed by atoms with Crippen LogP contribution in [0.1, 0.15) is 74.0 Å². The topological polar surface area (TPSA) is 75.6 Å². The molecule has 0 spiro atoms. The zero-order valence-corrected chi connectivity index (χ0v) is 21.8. The van der Waals surface area contributed by atoms with Crippen LogP contribution in [0.4, 0.5) is 4.39 Å². The van der Waals surface area contributed by atoms with E-state index in [-0.39, 0.29) is 37.1 Å². The van der Waals surface area contributed by atoms with Crippen LogP contribution >= 0.6 is 0 Å². The highest BCUT2D eigenvalue weighted by Gasteiger charge is 2.16. The molecule has 0 bridgehead atoms. The number of hydrogen-bond donors (Lipinski definition) is 2. The van der Waals surface area contributed by atoms with E-state index in [0.29, 0.717) is 24.8 Å². The van der Waals surface area contributed by atoms with Gasteiger partial charge in [0.25, 0.3) is 5.91 Å². The van der Waals surface area contributed by atoms with Crippen LogP contribution in [-0.4, -0.2) is 30.2 Å². The summed E-state index contributed by atoms with van der Waals surface area (Å²) in [7, 11) is 0. The minimum Gasteiger partial charge on any atom is -0.486 e. The van der Waals surface area contributed by atoms with Crippen LogP contribution in [0.25, 0.3) is 11.1 Å². The number of hydrogen-bond acceptors (Lipinski definition) is 3. The van der Waals surface area contributed by atoms with Crippen molar-refractivity contribution < 1.29 is 23.8 Å². The number of amides is 1. The molecule has 0 heterocycles. The number of nitrogens with one attached hydrogen (secondary N) is 1. The summed E-state index contributed by atoms with van der Waals surface area (Å²) >= 11 is 0. The molecule has 1 unspecified atom stereocenters. The zero-order chi connectivity index (χ0) is 26.8. The molecule has 1 atom stereocenters. The molecule has 3 aromatic rings. The maximum absolute atomic E-state index is 12.7. The van der Waals surface area contributed by atoms with Crippen molar-refractivity contribution >= 4 is 11.9 Å². The lowest BCUT2D eigenvalue weighted by molar-refractivity contribution is -0.136. The summed E-state index contributed by atoms with van der Waals surface area (Å²) in [4.78, 5) is 22.9. The van der Waals surface area contributed by atoms with Crippen molar-refractivity contribution in [2.24, 2.45) is 0 Å². The van der Waals surface area contributed by atoms with Gasteiger partial charge in [-0.3, -0.25) is 14.0 Å². The van der Waals surface area contributed by atoms with Gasteiger partial charge < -0.3 is 15.2 Å². The van der Waals surface area contributed by atoms with Crippen LogP contribution in [0.2, 0.25) is 0 Å². The Labute approximate surface area is 218 Å². The highest BCUT2D eigenvalue weighted by atomic mass is 19.1. The number of carbonyl (C=O) groups excluding carboxylic acids is 1. The van der Waals surface area contributed by atoms with Crippen molar-refractivity contribution in [1.29, 1.82) is 0 Å². The normalized spacial score (nSPS) is 12.1. The summed E-state index contributed by atoms with van der Waals surface area (Å²) in [5.41, 5.74) is 4.96. The van der Waals surface area contributed by atoms with E-state index in [4.69, 9.17) is 9.84 Å². The lowest BCUT2D eigenvalue weighted by Crippen LogP contribution is -2.26. The van der Waals surface area contributed by atoms with Gasteiger partial charge in [-0.1, -0.05) is 69.3 Å². The van der Waals surface area contributed by atoms with E-state index in [0.717, 1.165) is 22.4 Å². The number of ether oxygens (including phenoxy) is 1. The first-order valence-corrected chi connectivity index (χ1v) is 12.7. The number of rotatable bonds is 12. The van der Waals surface area contributed by atoms with E-state index in [1.807, 2.05) is 36.4 Å².